The number of nitrogens with zero attached hydrogens (tertiary/aromatic N) is 1. The number of rotatable bonds is 4. The van der Waals surface area contributed by atoms with E-state index in [2.05, 4.69) is 24.1 Å². The molecule has 0 radical (unpaired) electrons. The Morgan fingerprint density at radius 3 is 2.71 bits per heavy atom. The minimum atomic E-state index is -0.644. The van der Waals surface area contributed by atoms with Gasteiger partial charge in [0, 0.05) is 25.2 Å². The summed E-state index contributed by atoms with van der Waals surface area (Å²) >= 11 is 0. The molecule has 1 aromatic rings. The second-order valence-corrected chi connectivity index (χ2v) is 5.83. The molecule has 1 aliphatic heterocycles. The van der Waals surface area contributed by atoms with Gasteiger partial charge in [-0.1, -0.05) is 12.5 Å². The zero-order valence-electron chi connectivity index (χ0n) is 12.7. The number of likely N-dealkylation sites (tertiary alicyclic amines) is 1. The first kappa shape index (κ1) is 15.8. The number of piperidine rings is 1. The molecule has 0 aliphatic carbocycles. The van der Waals surface area contributed by atoms with Crippen molar-refractivity contribution in [1.82, 2.24) is 10.2 Å². The molecule has 5 heteroatoms. The average Bonchev–Trinajstić information content (AvgIpc) is 2.45. The maximum Gasteiger partial charge on any atom is 0.254 e. The molecular weight excluding hydrogens is 269 g/mol. The normalized spacial score (nSPS) is 23.0. The molecular formula is C16H24FN3O. The van der Waals surface area contributed by atoms with E-state index in [0.29, 0.717) is 18.6 Å². The zero-order chi connectivity index (χ0) is 15.4. The van der Waals surface area contributed by atoms with Crippen LogP contribution in [-0.2, 0) is 0 Å². The van der Waals surface area contributed by atoms with Crippen LogP contribution in [0.4, 0.5) is 10.1 Å². The molecule has 1 amide bonds. The molecule has 1 heterocycles. The summed E-state index contributed by atoms with van der Waals surface area (Å²) in [6.45, 7) is 5.74. The lowest BCUT2D eigenvalue weighted by Crippen LogP contribution is -2.47. The van der Waals surface area contributed by atoms with Crippen LogP contribution in [0.3, 0.4) is 0 Å². The van der Waals surface area contributed by atoms with E-state index in [1.165, 1.54) is 31.4 Å². The molecule has 1 saturated heterocycles. The smallest absolute Gasteiger partial charge is 0.254 e. The Bertz CT molecular complexity index is 496. The van der Waals surface area contributed by atoms with Crippen molar-refractivity contribution in [3.8, 4) is 0 Å². The van der Waals surface area contributed by atoms with Crippen molar-refractivity contribution in [1.29, 1.82) is 0 Å². The average molecular weight is 293 g/mol. The molecule has 2 atom stereocenters. The third-order valence-corrected chi connectivity index (χ3v) is 4.30. The largest absolute Gasteiger partial charge is 0.396 e. The summed E-state index contributed by atoms with van der Waals surface area (Å²) in [6.07, 6.45) is 3.66. The topological polar surface area (TPSA) is 58.4 Å². The third kappa shape index (κ3) is 3.73. The van der Waals surface area contributed by atoms with E-state index in [1.54, 1.807) is 6.07 Å². The van der Waals surface area contributed by atoms with Gasteiger partial charge in [0.15, 0.2) is 5.82 Å². The summed E-state index contributed by atoms with van der Waals surface area (Å²) in [5.74, 6) is -1.05. The van der Waals surface area contributed by atoms with Gasteiger partial charge in [0.25, 0.3) is 5.91 Å². The first-order chi connectivity index (χ1) is 10.0. The lowest BCUT2D eigenvalue weighted by molar-refractivity contribution is 0.0886. The molecule has 0 saturated carbocycles. The number of carbonyl (C=O) groups excluding carboxylic acids is 1. The van der Waals surface area contributed by atoms with Gasteiger partial charge in [-0.3, -0.25) is 9.69 Å². The number of nitrogens with two attached hydrogens (primary N) is 1. The Morgan fingerprint density at radius 2 is 2.05 bits per heavy atom. The van der Waals surface area contributed by atoms with Gasteiger partial charge in [-0.25, -0.2) is 4.39 Å². The number of hydrogen-bond acceptors (Lipinski definition) is 3. The molecule has 0 bridgehead atoms. The second-order valence-electron chi connectivity index (χ2n) is 5.83. The summed E-state index contributed by atoms with van der Waals surface area (Å²) < 4.78 is 13.8. The van der Waals surface area contributed by atoms with Crippen LogP contribution in [-0.4, -0.2) is 36.0 Å². The van der Waals surface area contributed by atoms with Crippen LogP contribution in [0, 0.1) is 5.82 Å². The highest BCUT2D eigenvalue weighted by Gasteiger charge is 2.24. The Hall–Kier alpha value is -1.62. The maximum atomic E-state index is 13.8. The minimum Gasteiger partial charge on any atom is -0.396 e. The molecule has 1 fully saturated rings. The SMILES string of the molecule is C[C@@H]1CCC[C@H](C)N1CCNC(=O)c1cccc(N)c1F. The van der Waals surface area contributed by atoms with Gasteiger partial charge in [-0.05, 0) is 38.8 Å². The van der Waals surface area contributed by atoms with Crippen molar-refractivity contribution in [2.75, 3.05) is 18.8 Å². The molecule has 0 aromatic heterocycles. The first-order valence-electron chi connectivity index (χ1n) is 7.58. The van der Waals surface area contributed by atoms with E-state index < -0.39 is 11.7 Å². The Balaban J connectivity index is 1.88. The quantitative estimate of drug-likeness (QED) is 0.838. The Kier molecular flexibility index (Phi) is 5.17. The molecule has 21 heavy (non-hydrogen) atoms. The number of nitrogen functional groups attached to an aromatic ring is 1. The predicted octanol–water partition coefficient (Wildman–Crippen LogP) is 2.40. The number of amides is 1. The molecule has 3 N–H and O–H groups in total. The minimum absolute atomic E-state index is 0.000856. The molecule has 2 rings (SSSR count). The molecule has 4 nitrogen and oxygen atoms in total. The molecule has 1 aliphatic rings. The highest BCUT2D eigenvalue weighted by molar-refractivity contribution is 5.95. The van der Waals surface area contributed by atoms with E-state index >= 15 is 0 Å². The fourth-order valence-corrected chi connectivity index (χ4v) is 3.03. The van der Waals surface area contributed by atoms with Gasteiger partial charge in [0.05, 0.1) is 11.3 Å². The number of halogens is 1. The van der Waals surface area contributed by atoms with E-state index in [-0.39, 0.29) is 11.3 Å². The summed E-state index contributed by atoms with van der Waals surface area (Å²) in [5.41, 5.74) is 5.49. The number of anilines is 1. The number of carbonyl (C=O) groups is 1. The Morgan fingerprint density at radius 1 is 1.38 bits per heavy atom. The van der Waals surface area contributed by atoms with Crippen LogP contribution in [0.1, 0.15) is 43.5 Å². The standard InChI is InChI=1S/C16H24FN3O/c1-11-5-3-6-12(2)20(11)10-9-19-16(21)13-7-4-8-14(18)15(13)17/h4,7-8,11-12H,3,5-6,9-10,18H2,1-2H3,(H,19,21)/t11-,12+. The van der Waals surface area contributed by atoms with Crippen molar-refractivity contribution in [2.24, 2.45) is 0 Å². The first-order valence-corrected chi connectivity index (χ1v) is 7.58. The van der Waals surface area contributed by atoms with Crippen molar-refractivity contribution in [3.05, 3.63) is 29.6 Å². The monoisotopic (exact) mass is 293 g/mol. The van der Waals surface area contributed by atoms with Crippen molar-refractivity contribution in [2.45, 2.75) is 45.2 Å². The number of nitrogens with one attached hydrogen (secondary N) is 1. The summed E-state index contributed by atoms with van der Waals surface area (Å²) in [4.78, 5) is 14.4. The van der Waals surface area contributed by atoms with Crippen molar-refractivity contribution in [3.63, 3.8) is 0 Å². The van der Waals surface area contributed by atoms with Gasteiger partial charge in [-0.15, -0.1) is 0 Å². The van der Waals surface area contributed by atoms with Crippen molar-refractivity contribution >= 4 is 11.6 Å². The maximum absolute atomic E-state index is 13.8. The molecule has 0 unspecified atom stereocenters. The lowest BCUT2D eigenvalue weighted by Gasteiger charge is -2.39. The van der Waals surface area contributed by atoms with Crippen LogP contribution < -0.4 is 11.1 Å². The highest BCUT2D eigenvalue weighted by Crippen LogP contribution is 2.21. The fraction of sp³-hybridized carbons (Fsp3) is 0.562. The van der Waals surface area contributed by atoms with Crippen LogP contribution in [0.2, 0.25) is 0 Å². The van der Waals surface area contributed by atoms with Gasteiger partial charge in [0.1, 0.15) is 0 Å². The van der Waals surface area contributed by atoms with E-state index in [1.807, 2.05) is 0 Å². The molecule has 116 valence electrons. The Labute approximate surface area is 125 Å². The van der Waals surface area contributed by atoms with E-state index in [9.17, 15) is 9.18 Å². The van der Waals surface area contributed by atoms with Crippen LogP contribution >= 0.6 is 0 Å². The summed E-state index contributed by atoms with van der Waals surface area (Å²) in [5, 5.41) is 2.78. The third-order valence-electron chi connectivity index (χ3n) is 4.30. The molecule has 1 aromatic carbocycles. The van der Waals surface area contributed by atoms with Crippen LogP contribution in [0.5, 0.6) is 0 Å². The van der Waals surface area contributed by atoms with Gasteiger partial charge >= 0.3 is 0 Å². The van der Waals surface area contributed by atoms with Crippen LogP contribution in [0.25, 0.3) is 0 Å². The van der Waals surface area contributed by atoms with Gasteiger partial charge < -0.3 is 11.1 Å². The van der Waals surface area contributed by atoms with E-state index in [0.717, 1.165) is 6.54 Å². The van der Waals surface area contributed by atoms with Gasteiger partial charge in [-0.2, -0.15) is 0 Å². The molecule has 0 spiro atoms. The van der Waals surface area contributed by atoms with Gasteiger partial charge in [0.2, 0.25) is 0 Å². The fourth-order valence-electron chi connectivity index (χ4n) is 3.03. The van der Waals surface area contributed by atoms with Crippen molar-refractivity contribution < 1.29 is 9.18 Å². The number of hydrogen-bond donors (Lipinski definition) is 2. The highest BCUT2D eigenvalue weighted by atomic mass is 19.1. The zero-order valence-corrected chi connectivity index (χ0v) is 12.7. The lowest BCUT2D eigenvalue weighted by atomic mass is 9.98. The van der Waals surface area contributed by atoms with Crippen LogP contribution in [0.15, 0.2) is 18.2 Å². The summed E-state index contributed by atoms with van der Waals surface area (Å²) in [7, 11) is 0. The summed E-state index contributed by atoms with van der Waals surface area (Å²) in [6, 6.07) is 5.56. The predicted molar refractivity (Wildman–Crippen MR) is 82.6 cm³/mol. The number of benzene rings is 1. The van der Waals surface area contributed by atoms with E-state index in [4.69, 9.17) is 5.73 Å². The second kappa shape index (κ2) is 6.89.